The Hall–Kier alpha value is -2.46. The van der Waals surface area contributed by atoms with E-state index in [0.717, 1.165) is 46.9 Å². The van der Waals surface area contributed by atoms with Crippen LogP contribution in [-0.4, -0.2) is 15.1 Å². The van der Waals surface area contributed by atoms with Crippen LogP contribution >= 0.6 is 0 Å². The van der Waals surface area contributed by atoms with Gasteiger partial charge in [0.05, 0.1) is 11.1 Å². The Bertz CT molecular complexity index is 909. The van der Waals surface area contributed by atoms with E-state index < -0.39 is 5.60 Å². The first-order chi connectivity index (χ1) is 11.1. The van der Waals surface area contributed by atoms with Gasteiger partial charge in [-0.2, -0.15) is 0 Å². The summed E-state index contributed by atoms with van der Waals surface area (Å²) in [5.41, 5.74) is 2.86. The van der Waals surface area contributed by atoms with Gasteiger partial charge < -0.3 is 10.1 Å². The second kappa shape index (κ2) is 5.32. The Morgan fingerprint density at radius 1 is 1.17 bits per heavy atom. The first-order valence-corrected chi connectivity index (χ1v) is 7.92. The molecule has 0 saturated heterocycles. The van der Waals surface area contributed by atoms with Gasteiger partial charge in [-0.3, -0.25) is 9.78 Å². The smallest absolute Gasteiger partial charge is 0.251 e. The molecule has 0 unspecified atom stereocenters. The Morgan fingerprint density at radius 2 is 1.96 bits per heavy atom. The summed E-state index contributed by atoms with van der Waals surface area (Å²) >= 11 is 0. The van der Waals surface area contributed by atoms with Crippen molar-refractivity contribution in [2.75, 3.05) is 0 Å². The van der Waals surface area contributed by atoms with Crippen molar-refractivity contribution in [2.24, 2.45) is 0 Å². The largest absolute Gasteiger partial charge is 0.385 e. The van der Waals surface area contributed by atoms with Crippen LogP contribution in [0.5, 0.6) is 0 Å². The number of aromatic nitrogens is 2. The molecule has 3 aromatic rings. The van der Waals surface area contributed by atoms with Crippen molar-refractivity contribution in [1.29, 1.82) is 0 Å². The van der Waals surface area contributed by atoms with Gasteiger partial charge in [-0.15, -0.1) is 0 Å². The molecule has 0 bridgehead atoms. The molecule has 0 spiro atoms. The van der Waals surface area contributed by atoms with Crippen molar-refractivity contribution >= 4 is 10.9 Å². The van der Waals surface area contributed by atoms with Gasteiger partial charge >= 0.3 is 0 Å². The zero-order valence-electron chi connectivity index (χ0n) is 12.7. The van der Waals surface area contributed by atoms with Crippen LogP contribution in [0.25, 0.3) is 10.9 Å². The van der Waals surface area contributed by atoms with Gasteiger partial charge in [-0.25, -0.2) is 0 Å². The molecule has 0 radical (unpaired) electrons. The fourth-order valence-electron chi connectivity index (χ4n) is 3.18. The minimum atomic E-state index is -0.634. The Labute approximate surface area is 133 Å². The molecule has 2 N–H and O–H groups in total. The summed E-state index contributed by atoms with van der Waals surface area (Å²) in [5, 5.41) is 11.3. The normalized spacial score (nSPS) is 16.2. The zero-order valence-corrected chi connectivity index (χ0v) is 12.7. The van der Waals surface area contributed by atoms with E-state index in [1.54, 1.807) is 18.5 Å². The second-order valence-electron chi connectivity index (χ2n) is 6.35. The van der Waals surface area contributed by atoms with Crippen molar-refractivity contribution in [3.63, 3.8) is 0 Å². The van der Waals surface area contributed by atoms with E-state index >= 15 is 0 Å². The average molecular weight is 306 g/mol. The molecule has 2 aromatic heterocycles. The van der Waals surface area contributed by atoms with Crippen LogP contribution in [0.2, 0.25) is 0 Å². The number of benzene rings is 1. The first-order valence-electron chi connectivity index (χ1n) is 7.92. The number of H-pyrrole nitrogens is 1. The van der Waals surface area contributed by atoms with Gasteiger partial charge in [-0.05, 0) is 42.5 Å². The molecule has 1 fully saturated rings. The molecule has 0 atom stereocenters. The van der Waals surface area contributed by atoms with E-state index in [0.29, 0.717) is 6.42 Å². The molecule has 23 heavy (non-hydrogen) atoms. The van der Waals surface area contributed by atoms with Crippen molar-refractivity contribution in [3.05, 3.63) is 75.8 Å². The van der Waals surface area contributed by atoms with Crippen LogP contribution < -0.4 is 5.56 Å². The third-order valence-corrected chi connectivity index (χ3v) is 4.79. The number of hydrogen-bond donors (Lipinski definition) is 2. The average Bonchev–Trinajstić information content (AvgIpc) is 2.54. The molecule has 4 nitrogen and oxygen atoms in total. The molecule has 4 rings (SSSR count). The third kappa shape index (κ3) is 2.55. The minimum absolute atomic E-state index is 0.0644. The molecule has 2 heterocycles. The monoisotopic (exact) mass is 306 g/mol. The van der Waals surface area contributed by atoms with Gasteiger partial charge in [0.2, 0.25) is 0 Å². The highest BCUT2D eigenvalue weighted by atomic mass is 16.3. The summed E-state index contributed by atoms with van der Waals surface area (Å²) < 4.78 is 0. The third-order valence-electron chi connectivity index (χ3n) is 4.79. The van der Waals surface area contributed by atoms with Crippen LogP contribution in [0.3, 0.4) is 0 Å². The predicted molar refractivity (Wildman–Crippen MR) is 89.4 cm³/mol. The number of pyridine rings is 2. The topological polar surface area (TPSA) is 66.0 Å². The van der Waals surface area contributed by atoms with Crippen LogP contribution in [0.15, 0.2) is 53.6 Å². The van der Waals surface area contributed by atoms with E-state index in [1.807, 2.05) is 30.3 Å². The van der Waals surface area contributed by atoms with E-state index in [-0.39, 0.29) is 5.56 Å². The van der Waals surface area contributed by atoms with Gasteiger partial charge in [0.1, 0.15) is 0 Å². The van der Waals surface area contributed by atoms with Crippen molar-refractivity contribution in [2.45, 2.75) is 31.3 Å². The number of hydrogen-bond acceptors (Lipinski definition) is 3. The van der Waals surface area contributed by atoms with E-state index in [2.05, 4.69) is 9.97 Å². The lowest BCUT2D eigenvalue weighted by Gasteiger charge is -2.37. The molecular formula is C19H18N2O2. The lowest BCUT2D eigenvalue weighted by atomic mass is 9.75. The Balaban J connectivity index is 1.63. The van der Waals surface area contributed by atoms with Crippen molar-refractivity contribution in [3.8, 4) is 0 Å². The van der Waals surface area contributed by atoms with E-state index in [9.17, 15) is 9.90 Å². The van der Waals surface area contributed by atoms with Crippen LogP contribution in [-0.2, 0) is 12.0 Å². The standard InChI is InChI=1S/C19H18N2O2/c22-18-14(11-15-12-20-9-6-17(15)21-18)10-13-2-4-16(5-3-13)19(23)7-1-8-19/h2-6,9,11-12,23H,1,7-8,10H2,(H,21,22). The van der Waals surface area contributed by atoms with Crippen LogP contribution in [0, 0.1) is 0 Å². The molecule has 116 valence electrons. The molecule has 0 aliphatic heterocycles. The number of nitrogens with one attached hydrogen (secondary N) is 1. The summed E-state index contributed by atoms with van der Waals surface area (Å²) in [6.07, 6.45) is 6.75. The highest BCUT2D eigenvalue weighted by molar-refractivity contribution is 5.77. The second-order valence-corrected chi connectivity index (χ2v) is 6.35. The van der Waals surface area contributed by atoms with Gasteiger partial charge in [0.15, 0.2) is 0 Å². The highest BCUT2D eigenvalue weighted by Crippen LogP contribution is 2.40. The Morgan fingerprint density at radius 3 is 2.65 bits per heavy atom. The maximum absolute atomic E-state index is 12.2. The SMILES string of the molecule is O=c1[nH]c2ccncc2cc1Cc1ccc(C2(O)CCC2)cc1. The molecule has 0 amide bonds. The lowest BCUT2D eigenvalue weighted by Crippen LogP contribution is -2.33. The number of nitrogens with zero attached hydrogens (tertiary/aromatic N) is 1. The molecular weight excluding hydrogens is 288 g/mol. The number of aromatic amines is 1. The number of aliphatic hydroxyl groups is 1. The maximum Gasteiger partial charge on any atom is 0.251 e. The minimum Gasteiger partial charge on any atom is -0.385 e. The van der Waals surface area contributed by atoms with Crippen LogP contribution in [0.1, 0.15) is 36.0 Å². The maximum atomic E-state index is 12.2. The molecule has 1 aliphatic rings. The fraction of sp³-hybridized carbons (Fsp3) is 0.263. The first kappa shape index (κ1) is 14.2. The van der Waals surface area contributed by atoms with Gasteiger partial charge in [0, 0.05) is 29.8 Å². The summed E-state index contributed by atoms with van der Waals surface area (Å²) in [4.78, 5) is 19.2. The van der Waals surface area contributed by atoms with Crippen LogP contribution in [0.4, 0.5) is 0 Å². The Kier molecular flexibility index (Phi) is 3.27. The van der Waals surface area contributed by atoms with Gasteiger partial charge in [0.25, 0.3) is 5.56 Å². The summed E-state index contributed by atoms with van der Waals surface area (Å²) in [5.74, 6) is 0. The number of fused-ring (bicyclic) bond motifs is 1. The van der Waals surface area contributed by atoms with E-state index in [4.69, 9.17) is 0 Å². The molecule has 1 aliphatic carbocycles. The lowest BCUT2D eigenvalue weighted by molar-refractivity contribution is -0.0388. The van der Waals surface area contributed by atoms with E-state index in [1.165, 1.54) is 0 Å². The van der Waals surface area contributed by atoms with Crippen molar-refractivity contribution < 1.29 is 5.11 Å². The molecule has 1 aromatic carbocycles. The summed E-state index contributed by atoms with van der Waals surface area (Å²) in [7, 11) is 0. The van der Waals surface area contributed by atoms with Gasteiger partial charge in [-0.1, -0.05) is 24.3 Å². The van der Waals surface area contributed by atoms with Crippen molar-refractivity contribution in [1.82, 2.24) is 9.97 Å². The quantitative estimate of drug-likeness (QED) is 0.782. The molecule has 4 heteroatoms. The molecule has 1 saturated carbocycles. The summed E-state index contributed by atoms with van der Waals surface area (Å²) in [6.45, 7) is 0. The number of rotatable bonds is 3. The predicted octanol–water partition coefficient (Wildman–Crippen LogP) is 2.89. The fourth-order valence-corrected chi connectivity index (χ4v) is 3.18. The highest BCUT2D eigenvalue weighted by Gasteiger charge is 2.35. The summed E-state index contributed by atoms with van der Waals surface area (Å²) in [6, 6.07) is 11.6. The zero-order chi connectivity index (χ0) is 15.9.